The molecule has 1 aromatic rings. The van der Waals surface area contributed by atoms with Crippen molar-refractivity contribution in [1.82, 2.24) is 0 Å². The van der Waals surface area contributed by atoms with E-state index >= 15 is 0 Å². The largest absolute Gasteiger partial charge is 0.207 e. The van der Waals surface area contributed by atoms with Crippen LogP contribution < -0.4 is 0 Å². The van der Waals surface area contributed by atoms with E-state index in [2.05, 4.69) is 6.58 Å². The van der Waals surface area contributed by atoms with Gasteiger partial charge in [-0.1, -0.05) is 24.8 Å². The van der Waals surface area contributed by atoms with E-state index in [9.17, 15) is 4.39 Å². The van der Waals surface area contributed by atoms with E-state index in [-0.39, 0.29) is 5.82 Å². The third-order valence-electron chi connectivity index (χ3n) is 1.31. The highest BCUT2D eigenvalue weighted by molar-refractivity contribution is 8.01. The van der Waals surface area contributed by atoms with E-state index in [1.54, 1.807) is 17.5 Å². The SMILES string of the molecule is C=CSCc1ccccc1F. The molecule has 1 rings (SSSR count). The monoisotopic (exact) mass is 168 g/mol. The Morgan fingerprint density at radius 2 is 2.18 bits per heavy atom. The predicted molar refractivity (Wildman–Crippen MR) is 47.9 cm³/mol. The topological polar surface area (TPSA) is 0 Å². The normalized spacial score (nSPS) is 9.55. The molecule has 0 aliphatic rings. The first-order chi connectivity index (χ1) is 5.34. The molecule has 1 aromatic carbocycles. The Labute approximate surface area is 70.1 Å². The molecular formula is C9H9FS. The number of rotatable bonds is 3. The predicted octanol–water partition coefficient (Wildman–Crippen LogP) is 3.20. The highest BCUT2D eigenvalue weighted by Gasteiger charge is 1.97. The molecule has 0 saturated heterocycles. The van der Waals surface area contributed by atoms with Gasteiger partial charge in [-0.15, -0.1) is 11.8 Å². The van der Waals surface area contributed by atoms with Gasteiger partial charge in [0.05, 0.1) is 0 Å². The second-order valence-electron chi connectivity index (χ2n) is 2.07. The van der Waals surface area contributed by atoms with Gasteiger partial charge in [0.1, 0.15) is 5.82 Å². The minimum absolute atomic E-state index is 0.137. The fourth-order valence-corrected chi connectivity index (χ4v) is 1.30. The van der Waals surface area contributed by atoms with Crippen molar-refractivity contribution >= 4 is 11.8 Å². The van der Waals surface area contributed by atoms with Crippen LogP contribution in [0.3, 0.4) is 0 Å². The summed E-state index contributed by atoms with van der Waals surface area (Å²) in [6.45, 7) is 3.55. The van der Waals surface area contributed by atoms with E-state index in [0.29, 0.717) is 5.75 Å². The molecule has 0 heterocycles. The van der Waals surface area contributed by atoms with Crippen molar-refractivity contribution in [2.24, 2.45) is 0 Å². The smallest absolute Gasteiger partial charge is 0.127 e. The minimum atomic E-state index is -0.137. The number of benzene rings is 1. The van der Waals surface area contributed by atoms with Gasteiger partial charge in [0.15, 0.2) is 0 Å². The van der Waals surface area contributed by atoms with Crippen LogP contribution in [0.4, 0.5) is 4.39 Å². The fourth-order valence-electron chi connectivity index (χ4n) is 0.764. The van der Waals surface area contributed by atoms with E-state index in [4.69, 9.17) is 0 Å². The molecule has 0 atom stereocenters. The summed E-state index contributed by atoms with van der Waals surface area (Å²) < 4.78 is 12.9. The van der Waals surface area contributed by atoms with E-state index < -0.39 is 0 Å². The summed E-state index contributed by atoms with van der Waals surface area (Å²) in [7, 11) is 0. The van der Waals surface area contributed by atoms with Crippen molar-refractivity contribution in [2.75, 3.05) is 0 Å². The van der Waals surface area contributed by atoms with Gasteiger partial charge in [0.25, 0.3) is 0 Å². The van der Waals surface area contributed by atoms with Gasteiger partial charge in [0.2, 0.25) is 0 Å². The first-order valence-corrected chi connectivity index (χ1v) is 4.35. The van der Waals surface area contributed by atoms with Crippen molar-refractivity contribution in [3.8, 4) is 0 Å². The lowest BCUT2D eigenvalue weighted by molar-refractivity contribution is 0.617. The summed E-state index contributed by atoms with van der Waals surface area (Å²) in [6.07, 6.45) is 0. The number of hydrogen-bond donors (Lipinski definition) is 0. The van der Waals surface area contributed by atoms with Crippen molar-refractivity contribution < 1.29 is 4.39 Å². The van der Waals surface area contributed by atoms with Crippen molar-refractivity contribution in [3.63, 3.8) is 0 Å². The second-order valence-corrected chi connectivity index (χ2v) is 3.02. The maximum absolute atomic E-state index is 12.9. The zero-order valence-corrected chi connectivity index (χ0v) is 6.90. The van der Waals surface area contributed by atoms with Crippen LogP contribution in [0.2, 0.25) is 0 Å². The van der Waals surface area contributed by atoms with Gasteiger partial charge in [0, 0.05) is 5.75 Å². The molecule has 0 N–H and O–H groups in total. The van der Waals surface area contributed by atoms with Crippen LogP contribution >= 0.6 is 11.8 Å². The molecule has 2 heteroatoms. The third kappa shape index (κ3) is 2.39. The molecule has 11 heavy (non-hydrogen) atoms. The van der Waals surface area contributed by atoms with Crippen LogP contribution in [0.5, 0.6) is 0 Å². The highest BCUT2D eigenvalue weighted by Crippen LogP contribution is 2.14. The lowest BCUT2D eigenvalue weighted by Gasteiger charge is -1.98. The van der Waals surface area contributed by atoms with E-state index in [1.807, 2.05) is 6.07 Å². The lowest BCUT2D eigenvalue weighted by Crippen LogP contribution is -1.84. The van der Waals surface area contributed by atoms with Gasteiger partial charge in [-0.2, -0.15) is 0 Å². The van der Waals surface area contributed by atoms with Crippen LogP contribution in [-0.4, -0.2) is 0 Å². The van der Waals surface area contributed by atoms with Gasteiger partial charge in [-0.05, 0) is 17.0 Å². The zero-order valence-electron chi connectivity index (χ0n) is 6.09. The number of halogens is 1. The number of thioether (sulfide) groups is 1. The summed E-state index contributed by atoms with van der Waals surface area (Å²) in [5, 5.41) is 1.71. The summed E-state index contributed by atoms with van der Waals surface area (Å²) in [5.74, 6) is 0.526. The Hall–Kier alpha value is -0.760. The average molecular weight is 168 g/mol. The molecule has 0 aliphatic carbocycles. The zero-order chi connectivity index (χ0) is 8.10. The Morgan fingerprint density at radius 3 is 2.82 bits per heavy atom. The molecule has 0 aromatic heterocycles. The summed E-state index contributed by atoms with van der Waals surface area (Å²) >= 11 is 1.50. The highest BCUT2D eigenvalue weighted by atomic mass is 32.2. The van der Waals surface area contributed by atoms with Crippen LogP contribution in [0.1, 0.15) is 5.56 Å². The van der Waals surface area contributed by atoms with Gasteiger partial charge < -0.3 is 0 Å². The molecule has 0 saturated carbocycles. The Morgan fingerprint density at radius 1 is 1.45 bits per heavy atom. The van der Waals surface area contributed by atoms with Crippen LogP contribution in [-0.2, 0) is 5.75 Å². The van der Waals surface area contributed by atoms with Crippen LogP contribution in [0.15, 0.2) is 36.3 Å². The van der Waals surface area contributed by atoms with Crippen molar-refractivity contribution in [3.05, 3.63) is 47.6 Å². The van der Waals surface area contributed by atoms with Crippen LogP contribution in [0, 0.1) is 5.82 Å². The van der Waals surface area contributed by atoms with E-state index in [0.717, 1.165) is 5.56 Å². The summed E-state index contributed by atoms with van der Waals surface area (Å²) in [6, 6.07) is 6.78. The lowest BCUT2D eigenvalue weighted by atomic mass is 10.2. The Bertz CT molecular complexity index is 245. The third-order valence-corrected chi connectivity index (χ3v) is 2.03. The first kappa shape index (κ1) is 8.34. The van der Waals surface area contributed by atoms with Crippen molar-refractivity contribution in [1.29, 1.82) is 0 Å². The average Bonchev–Trinajstić information content (AvgIpc) is 2.03. The minimum Gasteiger partial charge on any atom is -0.207 e. The van der Waals surface area contributed by atoms with E-state index in [1.165, 1.54) is 17.8 Å². The van der Waals surface area contributed by atoms with Gasteiger partial charge >= 0.3 is 0 Å². The van der Waals surface area contributed by atoms with Gasteiger partial charge in [-0.25, -0.2) is 4.39 Å². The summed E-state index contributed by atoms with van der Waals surface area (Å²) in [5.41, 5.74) is 0.734. The molecule has 0 aliphatic heterocycles. The molecule has 58 valence electrons. The Kier molecular flexibility index (Phi) is 3.17. The molecule has 0 radical (unpaired) electrons. The molecule has 0 bridgehead atoms. The molecule has 0 spiro atoms. The molecule has 0 unspecified atom stereocenters. The molecule has 0 nitrogen and oxygen atoms in total. The second kappa shape index (κ2) is 4.19. The Balaban J connectivity index is 2.69. The molecule has 0 fully saturated rings. The standard InChI is InChI=1S/C9H9FS/c1-2-11-7-8-5-3-4-6-9(8)10/h2-6H,1,7H2. The quantitative estimate of drug-likeness (QED) is 0.667. The maximum Gasteiger partial charge on any atom is 0.127 e. The number of hydrogen-bond acceptors (Lipinski definition) is 1. The van der Waals surface area contributed by atoms with Gasteiger partial charge in [-0.3, -0.25) is 0 Å². The molecule has 0 amide bonds. The molecular weight excluding hydrogens is 159 g/mol. The first-order valence-electron chi connectivity index (χ1n) is 3.30. The fraction of sp³-hybridized carbons (Fsp3) is 0.111. The maximum atomic E-state index is 12.9. The van der Waals surface area contributed by atoms with Crippen LogP contribution in [0.25, 0.3) is 0 Å². The summed E-state index contributed by atoms with van der Waals surface area (Å²) in [4.78, 5) is 0. The van der Waals surface area contributed by atoms with Crippen molar-refractivity contribution in [2.45, 2.75) is 5.75 Å².